The Balaban J connectivity index is 1.66. The van der Waals surface area contributed by atoms with Crippen LogP contribution >= 0.6 is 0 Å². The maximum Gasteiger partial charge on any atom is 0.312 e. The fraction of sp³-hybridized carbons (Fsp3) is 0.400. The van der Waals surface area contributed by atoms with E-state index in [1.165, 1.54) is 23.1 Å². The summed E-state index contributed by atoms with van der Waals surface area (Å²) in [5.41, 5.74) is -2.82. The van der Waals surface area contributed by atoms with Gasteiger partial charge in [0.2, 0.25) is 0 Å². The zero-order valence-corrected chi connectivity index (χ0v) is 12.0. The summed E-state index contributed by atoms with van der Waals surface area (Å²) in [6.07, 6.45) is 0.0270. The van der Waals surface area contributed by atoms with Crippen molar-refractivity contribution in [3.63, 3.8) is 0 Å². The van der Waals surface area contributed by atoms with Gasteiger partial charge in [0.05, 0.1) is 0 Å². The second-order valence-corrected chi connectivity index (χ2v) is 5.95. The first kappa shape index (κ1) is 15.3. The van der Waals surface area contributed by atoms with Crippen LogP contribution in [0.5, 0.6) is 5.75 Å². The van der Waals surface area contributed by atoms with Crippen LogP contribution in [0, 0.1) is 16.6 Å². The molecule has 0 unspecified atom stereocenters. The maximum atomic E-state index is 13.0. The number of aliphatic carboxylic acids is 2. The molecular formula is C15H14FNO6. The fourth-order valence-corrected chi connectivity index (χ4v) is 3.26. The molecule has 1 saturated heterocycles. The van der Waals surface area contributed by atoms with Gasteiger partial charge in [0, 0.05) is 19.2 Å². The van der Waals surface area contributed by atoms with E-state index in [0.29, 0.717) is 0 Å². The van der Waals surface area contributed by atoms with E-state index in [1.54, 1.807) is 0 Å². The van der Waals surface area contributed by atoms with Crippen LogP contribution in [0.4, 0.5) is 4.39 Å². The molecule has 8 heteroatoms. The third-order valence-electron chi connectivity index (χ3n) is 4.65. The Kier molecular flexibility index (Phi) is 3.28. The van der Waals surface area contributed by atoms with Crippen molar-refractivity contribution in [3.8, 4) is 5.75 Å². The number of hydrogen-bond acceptors (Lipinski definition) is 4. The Bertz CT molecular complexity index is 679. The van der Waals surface area contributed by atoms with E-state index in [-0.39, 0.29) is 25.3 Å². The molecule has 0 aromatic heterocycles. The third-order valence-corrected chi connectivity index (χ3v) is 4.65. The van der Waals surface area contributed by atoms with Crippen molar-refractivity contribution in [1.29, 1.82) is 0 Å². The number of rotatable bonds is 5. The van der Waals surface area contributed by atoms with Crippen molar-refractivity contribution < 1.29 is 33.7 Å². The van der Waals surface area contributed by atoms with Gasteiger partial charge in [-0.1, -0.05) is 6.07 Å². The first-order valence-electron chi connectivity index (χ1n) is 6.94. The number of halogens is 1. The normalized spacial score (nSPS) is 28.1. The van der Waals surface area contributed by atoms with Crippen LogP contribution in [0.2, 0.25) is 0 Å². The minimum Gasteiger partial charge on any atom is -0.484 e. The lowest BCUT2D eigenvalue weighted by Crippen LogP contribution is -2.37. The second kappa shape index (κ2) is 4.94. The van der Waals surface area contributed by atoms with Crippen molar-refractivity contribution in [1.82, 2.24) is 4.90 Å². The van der Waals surface area contributed by atoms with E-state index >= 15 is 0 Å². The number of amides is 1. The number of likely N-dealkylation sites (tertiary alicyclic amines) is 1. The van der Waals surface area contributed by atoms with Crippen molar-refractivity contribution in [2.45, 2.75) is 6.42 Å². The molecule has 0 bridgehead atoms. The molecule has 0 radical (unpaired) electrons. The smallest absolute Gasteiger partial charge is 0.312 e. The average Bonchev–Trinajstić information content (AvgIpc) is 3.04. The van der Waals surface area contributed by atoms with E-state index in [1.807, 2.05) is 0 Å². The highest BCUT2D eigenvalue weighted by Crippen LogP contribution is 2.68. The van der Waals surface area contributed by atoms with Gasteiger partial charge in [0.15, 0.2) is 6.61 Å². The number of benzene rings is 1. The highest BCUT2D eigenvalue weighted by molar-refractivity contribution is 5.96. The molecule has 1 aromatic rings. The molecular weight excluding hydrogens is 309 g/mol. The van der Waals surface area contributed by atoms with Crippen LogP contribution in [0.15, 0.2) is 24.3 Å². The van der Waals surface area contributed by atoms with Crippen molar-refractivity contribution in [2.75, 3.05) is 19.7 Å². The predicted molar refractivity (Wildman–Crippen MR) is 73.2 cm³/mol. The molecule has 1 aliphatic heterocycles. The van der Waals surface area contributed by atoms with Gasteiger partial charge in [-0.25, -0.2) is 4.39 Å². The molecule has 1 aromatic carbocycles. The van der Waals surface area contributed by atoms with Crippen molar-refractivity contribution in [2.24, 2.45) is 10.8 Å². The topological polar surface area (TPSA) is 104 Å². The van der Waals surface area contributed by atoms with Crippen LogP contribution in [-0.2, 0) is 14.4 Å². The average molecular weight is 323 g/mol. The second-order valence-electron chi connectivity index (χ2n) is 5.95. The molecule has 122 valence electrons. The van der Waals surface area contributed by atoms with Crippen LogP contribution in [-0.4, -0.2) is 52.7 Å². The Morgan fingerprint density at radius 3 is 2.30 bits per heavy atom. The number of piperidine rings is 1. The van der Waals surface area contributed by atoms with Crippen LogP contribution in [0.3, 0.4) is 0 Å². The van der Waals surface area contributed by atoms with Gasteiger partial charge in [-0.15, -0.1) is 0 Å². The van der Waals surface area contributed by atoms with Crippen LogP contribution in [0.1, 0.15) is 6.42 Å². The van der Waals surface area contributed by atoms with E-state index in [4.69, 9.17) is 4.74 Å². The molecule has 2 atom stereocenters. The van der Waals surface area contributed by atoms with Gasteiger partial charge in [0.1, 0.15) is 22.4 Å². The number of fused-ring (bicyclic) bond motifs is 1. The molecule has 2 N–H and O–H groups in total. The Hall–Kier alpha value is -2.64. The van der Waals surface area contributed by atoms with E-state index in [2.05, 4.69) is 0 Å². The van der Waals surface area contributed by atoms with E-state index in [0.717, 1.165) is 6.07 Å². The maximum absolute atomic E-state index is 13.0. The lowest BCUT2D eigenvalue weighted by molar-refractivity contribution is -0.151. The molecule has 1 aliphatic carbocycles. The summed E-state index contributed by atoms with van der Waals surface area (Å²) >= 11 is 0. The SMILES string of the molecule is O=C(COc1cccc(F)c1)N1C[C@@]2(C(=O)O)C[C@@]2(C(=O)O)C1. The summed E-state index contributed by atoms with van der Waals surface area (Å²) in [6, 6.07) is 5.26. The summed E-state index contributed by atoms with van der Waals surface area (Å²) in [4.78, 5) is 36.1. The minimum atomic E-state index is -1.41. The monoisotopic (exact) mass is 323 g/mol. The third kappa shape index (κ3) is 2.21. The fourth-order valence-electron chi connectivity index (χ4n) is 3.26. The van der Waals surface area contributed by atoms with E-state index in [9.17, 15) is 29.0 Å². The lowest BCUT2D eigenvalue weighted by atomic mass is 9.97. The molecule has 7 nitrogen and oxygen atoms in total. The zero-order chi connectivity index (χ0) is 16.8. The van der Waals surface area contributed by atoms with Crippen molar-refractivity contribution in [3.05, 3.63) is 30.1 Å². The lowest BCUT2D eigenvalue weighted by Gasteiger charge is -2.20. The summed E-state index contributed by atoms with van der Waals surface area (Å²) in [7, 11) is 0. The first-order valence-corrected chi connectivity index (χ1v) is 6.94. The Labute approximate surface area is 130 Å². The number of hydrogen-bond donors (Lipinski definition) is 2. The predicted octanol–water partition coefficient (Wildman–Crippen LogP) is 0.592. The zero-order valence-electron chi connectivity index (χ0n) is 12.0. The van der Waals surface area contributed by atoms with Gasteiger partial charge in [-0.05, 0) is 18.6 Å². The van der Waals surface area contributed by atoms with E-state index < -0.39 is 41.1 Å². The first-order chi connectivity index (χ1) is 10.8. The largest absolute Gasteiger partial charge is 0.484 e. The van der Waals surface area contributed by atoms with Crippen molar-refractivity contribution >= 4 is 17.8 Å². The van der Waals surface area contributed by atoms with Gasteiger partial charge in [-0.2, -0.15) is 0 Å². The number of carbonyl (C=O) groups is 3. The molecule has 2 aliphatic rings. The van der Waals surface area contributed by atoms with Gasteiger partial charge >= 0.3 is 11.9 Å². The summed E-state index contributed by atoms with van der Waals surface area (Å²) in [5.74, 6) is -3.28. The quantitative estimate of drug-likeness (QED) is 0.822. The summed E-state index contributed by atoms with van der Waals surface area (Å²) in [6.45, 7) is -0.713. The molecule has 1 saturated carbocycles. The number of nitrogens with zero attached hydrogens (tertiary/aromatic N) is 1. The number of ether oxygens (including phenoxy) is 1. The highest BCUT2D eigenvalue weighted by Gasteiger charge is 2.81. The highest BCUT2D eigenvalue weighted by atomic mass is 19.1. The van der Waals surface area contributed by atoms with Gasteiger partial charge in [-0.3, -0.25) is 14.4 Å². The molecule has 2 fully saturated rings. The number of carbonyl (C=O) groups excluding carboxylic acids is 1. The van der Waals surface area contributed by atoms with Gasteiger partial charge in [0.25, 0.3) is 5.91 Å². The standard InChI is InChI=1S/C15H14FNO6/c16-9-2-1-3-10(4-9)23-5-11(18)17-7-14(12(19)20)6-15(14,8-17)13(21)22/h1-4H,5-8H2,(H,19,20)(H,21,22)/t14-,15+. The van der Waals surface area contributed by atoms with Crippen LogP contribution in [0.25, 0.3) is 0 Å². The summed E-state index contributed by atoms with van der Waals surface area (Å²) in [5, 5.41) is 18.6. The van der Waals surface area contributed by atoms with Crippen LogP contribution < -0.4 is 4.74 Å². The molecule has 1 amide bonds. The minimum absolute atomic E-state index is 0.0270. The molecule has 0 spiro atoms. The molecule has 23 heavy (non-hydrogen) atoms. The molecule has 1 heterocycles. The Morgan fingerprint density at radius 2 is 1.78 bits per heavy atom. The molecule has 3 rings (SSSR count). The summed E-state index contributed by atoms with van der Waals surface area (Å²) < 4.78 is 18.2. The van der Waals surface area contributed by atoms with Gasteiger partial charge < -0.3 is 19.8 Å². The Morgan fingerprint density at radius 1 is 1.17 bits per heavy atom. The number of carboxylic acids is 2. The number of carboxylic acid groups (broad SMARTS) is 2.